The van der Waals surface area contributed by atoms with Crippen molar-refractivity contribution < 1.29 is 24.5 Å². The number of carboxylic acids is 1. The highest BCUT2D eigenvalue weighted by Gasteiger charge is 2.27. The zero-order valence-corrected chi connectivity index (χ0v) is 10.3. The molecule has 1 aliphatic rings. The normalized spacial score (nSPS) is 19.5. The van der Waals surface area contributed by atoms with E-state index in [1.807, 2.05) is 0 Å². The van der Waals surface area contributed by atoms with Gasteiger partial charge in [-0.15, -0.1) is 0 Å². The minimum absolute atomic E-state index is 0.100. The molecule has 1 heterocycles. The number of amides is 1. The van der Waals surface area contributed by atoms with E-state index in [1.165, 1.54) is 0 Å². The Balaban J connectivity index is 2.01. The van der Waals surface area contributed by atoms with Gasteiger partial charge >= 0.3 is 5.97 Å². The summed E-state index contributed by atoms with van der Waals surface area (Å²) in [6.07, 6.45) is -0.600. The quantitative estimate of drug-likeness (QED) is 0.832. The lowest BCUT2D eigenvalue weighted by atomic mass is 10.1. The maximum Gasteiger partial charge on any atom is 0.306 e. The fourth-order valence-corrected chi connectivity index (χ4v) is 2.03. The lowest BCUT2D eigenvalue weighted by molar-refractivity contribution is -0.155. The van der Waals surface area contributed by atoms with Gasteiger partial charge in [0.25, 0.3) is 0 Å². The highest BCUT2D eigenvalue weighted by molar-refractivity contribution is 5.78. The first-order chi connectivity index (χ1) is 9.04. The van der Waals surface area contributed by atoms with Crippen LogP contribution in [-0.2, 0) is 20.9 Å². The minimum atomic E-state index is -0.948. The number of rotatable bonds is 4. The summed E-state index contributed by atoms with van der Waals surface area (Å²) in [5, 5.41) is 18.1. The predicted molar refractivity (Wildman–Crippen MR) is 65.5 cm³/mol. The van der Waals surface area contributed by atoms with E-state index < -0.39 is 12.1 Å². The van der Waals surface area contributed by atoms with Crippen molar-refractivity contribution in [3.63, 3.8) is 0 Å². The number of hydrogen-bond donors (Lipinski definition) is 2. The molecule has 102 valence electrons. The molecule has 1 saturated heterocycles. The Hall–Kier alpha value is -2.08. The van der Waals surface area contributed by atoms with Gasteiger partial charge in [-0.05, 0) is 17.7 Å². The van der Waals surface area contributed by atoms with Gasteiger partial charge in [0.15, 0.2) is 0 Å². The molecule has 1 aromatic rings. The highest BCUT2D eigenvalue weighted by Crippen LogP contribution is 2.16. The molecule has 0 radical (unpaired) electrons. The monoisotopic (exact) mass is 265 g/mol. The summed E-state index contributed by atoms with van der Waals surface area (Å²) in [5.74, 6) is -0.984. The molecule has 0 aromatic heterocycles. The van der Waals surface area contributed by atoms with E-state index in [4.69, 9.17) is 9.84 Å². The Morgan fingerprint density at radius 1 is 1.47 bits per heavy atom. The molecule has 1 aromatic carbocycles. The second-order valence-electron chi connectivity index (χ2n) is 4.48. The number of hydrogen-bond acceptors (Lipinski definition) is 4. The van der Waals surface area contributed by atoms with Gasteiger partial charge in [-0.3, -0.25) is 9.59 Å². The summed E-state index contributed by atoms with van der Waals surface area (Å²) >= 11 is 0. The lowest BCUT2D eigenvalue weighted by Crippen LogP contribution is -2.46. The van der Waals surface area contributed by atoms with Crippen molar-refractivity contribution in [1.82, 2.24) is 4.90 Å². The summed E-state index contributed by atoms with van der Waals surface area (Å²) in [5.41, 5.74) is 0.796. The Morgan fingerprint density at radius 2 is 2.26 bits per heavy atom. The molecule has 19 heavy (non-hydrogen) atoms. The van der Waals surface area contributed by atoms with Crippen molar-refractivity contribution >= 4 is 11.9 Å². The van der Waals surface area contributed by atoms with E-state index in [2.05, 4.69) is 0 Å². The Bertz CT molecular complexity index is 488. The molecule has 1 unspecified atom stereocenters. The van der Waals surface area contributed by atoms with Crippen LogP contribution in [0.5, 0.6) is 5.75 Å². The van der Waals surface area contributed by atoms with Gasteiger partial charge in [-0.25, -0.2) is 0 Å². The van der Waals surface area contributed by atoms with Crippen molar-refractivity contribution in [2.75, 3.05) is 13.2 Å². The zero-order valence-electron chi connectivity index (χ0n) is 10.3. The molecule has 0 bridgehead atoms. The topological polar surface area (TPSA) is 87.1 Å². The summed E-state index contributed by atoms with van der Waals surface area (Å²) in [4.78, 5) is 23.9. The van der Waals surface area contributed by atoms with Gasteiger partial charge in [0, 0.05) is 13.1 Å². The van der Waals surface area contributed by atoms with E-state index >= 15 is 0 Å². The Kier molecular flexibility index (Phi) is 4.01. The average Bonchev–Trinajstić information content (AvgIpc) is 2.33. The first-order valence-corrected chi connectivity index (χ1v) is 5.93. The third kappa shape index (κ3) is 3.69. The van der Waals surface area contributed by atoms with Crippen LogP contribution in [0.3, 0.4) is 0 Å². The fraction of sp³-hybridized carbons (Fsp3) is 0.385. The van der Waals surface area contributed by atoms with Crippen LogP contribution in [0.15, 0.2) is 24.3 Å². The van der Waals surface area contributed by atoms with E-state index in [0.717, 1.165) is 5.56 Å². The summed E-state index contributed by atoms with van der Waals surface area (Å²) < 4.78 is 5.17. The second kappa shape index (κ2) is 5.71. The van der Waals surface area contributed by atoms with Gasteiger partial charge in [0.1, 0.15) is 12.4 Å². The third-order valence-electron chi connectivity index (χ3n) is 2.91. The molecule has 1 fully saturated rings. The number of carbonyl (C=O) groups excluding carboxylic acids is 1. The van der Waals surface area contributed by atoms with Crippen molar-refractivity contribution in [2.45, 2.75) is 19.1 Å². The van der Waals surface area contributed by atoms with Crippen molar-refractivity contribution in [3.05, 3.63) is 29.8 Å². The number of ether oxygens (including phenoxy) is 1. The number of nitrogens with zero attached hydrogens (tertiary/aromatic N) is 1. The smallest absolute Gasteiger partial charge is 0.306 e. The van der Waals surface area contributed by atoms with Gasteiger partial charge in [-0.1, -0.05) is 12.1 Å². The van der Waals surface area contributed by atoms with Crippen LogP contribution in [0.25, 0.3) is 0 Å². The van der Waals surface area contributed by atoms with E-state index in [9.17, 15) is 14.7 Å². The average molecular weight is 265 g/mol. The maximum atomic E-state index is 11.7. The molecule has 1 aliphatic heterocycles. The number of carboxylic acid groups (broad SMARTS) is 1. The highest BCUT2D eigenvalue weighted by atomic mass is 16.5. The summed E-state index contributed by atoms with van der Waals surface area (Å²) in [6.45, 7) is 0.490. The Labute approximate surface area is 110 Å². The number of phenolic OH excluding ortho intramolecular Hbond substituents is 1. The van der Waals surface area contributed by atoms with Crippen molar-refractivity contribution in [1.29, 1.82) is 0 Å². The van der Waals surface area contributed by atoms with Crippen LogP contribution in [-0.4, -0.2) is 46.2 Å². The molecule has 6 heteroatoms. The number of aliphatic carboxylic acids is 1. The third-order valence-corrected chi connectivity index (χ3v) is 2.91. The Morgan fingerprint density at radius 3 is 2.95 bits per heavy atom. The minimum Gasteiger partial charge on any atom is -0.508 e. The van der Waals surface area contributed by atoms with Gasteiger partial charge in [-0.2, -0.15) is 0 Å². The van der Waals surface area contributed by atoms with Crippen LogP contribution in [0.2, 0.25) is 0 Å². The van der Waals surface area contributed by atoms with Gasteiger partial charge < -0.3 is 19.8 Å². The van der Waals surface area contributed by atoms with E-state index in [1.54, 1.807) is 29.2 Å². The van der Waals surface area contributed by atoms with Crippen LogP contribution >= 0.6 is 0 Å². The number of carbonyl (C=O) groups is 2. The fourth-order valence-electron chi connectivity index (χ4n) is 2.03. The molecule has 6 nitrogen and oxygen atoms in total. The first-order valence-electron chi connectivity index (χ1n) is 5.93. The molecule has 0 spiro atoms. The molecular formula is C13H15NO5. The second-order valence-corrected chi connectivity index (χ2v) is 4.48. The molecule has 0 aliphatic carbocycles. The van der Waals surface area contributed by atoms with Gasteiger partial charge in [0.05, 0.1) is 12.5 Å². The van der Waals surface area contributed by atoms with E-state index in [-0.39, 0.29) is 31.2 Å². The molecular weight excluding hydrogens is 250 g/mol. The number of morpholine rings is 1. The number of aromatic hydroxyl groups is 1. The number of phenols is 1. The molecule has 0 saturated carbocycles. The lowest BCUT2D eigenvalue weighted by Gasteiger charge is -2.32. The van der Waals surface area contributed by atoms with Crippen LogP contribution in [0.4, 0.5) is 0 Å². The zero-order chi connectivity index (χ0) is 13.8. The standard InChI is InChI=1S/C13H15NO5/c15-10-3-1-2-9(4-10)6-14-7-11(5-13(17)18)19-8-12(14)16/h1-4,11,15H,5-8H2,(H,17,18). The molecule has 2 rings (SSSR count). The van der Waals surface area contributed by atoms with Crippen LogP contribution in [0, 0.1) is 0 Å². The molecule has 1 amide bonds. The van der Waals surface area contributed by atoms with Crippen LogP contribution < -0.4 is 0 Å². The van der Waals surface area contributed by atoms with Crippen LogP contribution in [0.1, 0.15) is 12.0 Å². The number of benzene rings is 1. The van der Waals surface area contributed by atoms with Crippen molar-refractivity contribution in [2.24, 2.45) is 0 Å². The summed E-state index contributed by atoms with van der Waals surface area (Å²) in [6, 6.07) is 6.63. The van der Waals surface area contributed by atoms with Crippen molar-refractivity contribution in [3.8, 4) is 5.75 Å². The largest absolute Gasteiger partial charge is 0.508 e. The first kappa shape index (κ1) is 13.4. The molecule has 1 atom stereocenters. The van der Waals surface area contributed by atoms with E-state index in [0.29, 0.717) is 6.54 Å². The van der Waals surface area contributed by atoms with Gasteiger partial charge in [0.2, 0.25) is 5.91 Å². The predicted octanol–water partition coefficient (Wildman–Crippen LogP) is 0.594. The maximum absolute atomic E-state index is 11.7. The SMILES string of the molecule is O=C(O)CC1CN(Cc2cccc(O)c2)C(=O)CO1. The molecule has 2 N–H and O–H groups in total. The summed E-state index contributed by atoms with van der Waals surface area (Å²) in [7, 11) is 0.